The fourth-order valence-electron chi connectivity index (χ4n) is 3.92. The summed E-state index contributed by atoms with van der Waals surface area (Å²) in [6, 6.07) is 30.0. The van der Waals surface area contributed by atoms with E-state index in [0.717, 1.165) is 11.1 Å². The highest BCUT2D eigenvalue weighted by Crippen LogP contribution is 2.38. The van der Waals surface area contributed by atoms with Crippen LogP contribution in [-0.4, -0.2) is 19.6 Å². The van der Waals surface area contributed by atoms with Crippen LogP contribution >= 0.6 is 15.9 Å². The van der Waals surface area contributed by atoms with Gasteiger partial charge >= 0.3 is 0 Å². The van der Waals surface area contributed by atoms with Gasteiger partial charge in [0.1, 0.15) is 24.9 Å². The van der Waals surface area contributed by atoms with Crippen molar-refractivity contribution < 1.29 is 23.7 Å². The second-order valence-electron chi connectivity index (χ2n) is 8.80. The van der Waals surface area contributed by atoms with Crippen LogP contribution in [0.4, 0.5) is 5.69 Å². The van der Waals surface area contributed by atoms with Crippen LogP contribution in [0, 0.1) is 11.3 Å². The minimum atomic E-state index is -0.504. The standard InChI is InChI=1S/C33H29BrN2O5/c1-3-39-30-18-24(14-15-29(30)40-21-23-10-6-4-7-11-23)22-41-32-28(34)17-25(19-31(32)38-2)16-26(20-35)33(37)36-27-12-8-5-9-13-27/h4-19H,3,21-22H2,1-2H3,(H,36,37)/b26-16+. The number of anilines is 1. The van der Waals surface area contributed by atoms with Crippen molar-refractivity contribution in [3.8, 4) is 29.1 Å². The SMILES string of the molecule is CCOc1cc(COc2c(Br)cc(/C=C(\C#N)C(=O)Nc3ccccc3)cc2OC)ccc1OCc1ccccc1. The van der Waals surface area contributed by atoms with Crippen molar-refractivity contribution in [2.45, 2.75) is 20.1 Å². The molecule has 41 heavy (non-hydrogen) atoms. The Hall–Kier alpha value is -4.74. The number of hydrogen-bond donors (Lipinski definition) is 1. The molecule has 0 radical (unpaired) electrons. The molecule has 0 unspecified atom stereocenters. The lowest BCUT2D eigenvalue weighted by molar-refractivity contribution is -0.112. The highest BCUT2D eigenvalue weighted by molar-refractivity contribution is 9.10. The second-order valence-corrected chi connectivity index (χ2v) is 9.66. The van der Waals surface area contributed by atoms with E-state index in [-0.39, 0.29) is 12.2 Å². The molecule has 0 aliphatic rings. The molecule has 0 aliphatic carbocycles. The zero-order valence-corrected chi connectivity index (χ0v) is 24.3. The van der Waals surface area contributed by atoms with Gasteiger partial charge in [0, 0.05) is 5.69 Å². The van der Waals surface area contributed by atoms with E-state index in [9.17, 15) is 10.1 Å². The first-order valence-electron chi connectivity index (χ1n) is 12.9. The number of rotatable bonds is 12. The lowest BCUT2D eigenvalue weighted by atomic mass is 10.1. The number of halogens is 1. The molecule has 4 rings (SSSR count). The Morgan fingerprint density at radius 1 is 0.854 bits per heavy atom. The van der Waals surface area contributed by atoms with Gasteiger partial charge in [-0.1, -0.05) is 54.6 Å². The largest absolute Gasteiger partial charge is 0.493 e. The quantitative estimate of drug-likeness (QED) is 0.131. The van der Waals surface area contributed by atoms with E-state index in [2.05, 4.69) is 21.2 Å². The fraction of sp³-hybridized carbons (Fsp3) is 0.152. The molecule has 0 atom stereocenters. The number of para-hydroxylation sites is 1. The normalized spacial score (nSPS) is 10.8. The summed E-state index contributed by atoms with van der Waals surface area (Å²) in [5, 5.41) is 12.3. The molecule has 0 spiro atoms. The predicted molar refractivity (Wildman–Crippen MR) is 162 cm³/mol. The Kier molecular flexibility index (Phi) is 10.4. The lowest BCUT2D eigenvalue weighted by Crippen LogP contribution is -2.13. The van der Waals surface area contributed by atoms with E-state index in [4.69, 9.17) is 18.9 Å². The highest BCUT2D eigenvalue weighted by atomic mass is 79.9. The first-order valence-corrected chi connectivity index (χ1v) is 13.7. The van der Waals surface area contributed by atoms with Crippen molar-refractivity contribution in [3.63, 3.8) is 0 Å². The molecule has 0 saturated heterocycles. The second kappa shape index (κ2) is 14.6. The molecule has 7 nitrogen and oxygen atoms in total. The van der Waals surface area contributed by atoms with E-state index < -0.39 is 5.91 Å². The molecule has 0 aromatic heterocycles. The number of nitrogens with zero attached hydrogens (tertiary/aromatic N) is 1. The van der Waals surface area contributed by atoms with Gasteiger partial charge in [-0.3, -0.25) is 4.79 Å². The van der Waals surface area contributed by atoms with Gasteiger partial charge in [0.15, 0.2) is 23.0 Å². The molecular weight excluding hydrogens is 584 g/mol. The summed E-state index contributed by atoms with van der Waals surface area (Å²) in [6.45, 7) is 3.09. The highest BCUT2D eigenvalue weighted by Gasteiger charge is 2.15. The topological polar surface area (TPSA) is 89.8 Å². The number of nitriles is 1. The number of nitrogens with one attached hydrogen (secondary N) is 1. The Bertz CT molecular complexity index is 1550. The van der Waals surface area contributed by atoms with Crippen molar-refractivity contribution in [2.24, 2.45) is 0 Å². The van der Waals surface area contributed by atoms with Crippen molar-refractivity contribution in [1.29, 1.82) is 5.26 Å². The number of amides is 1. The third kappa shape index (κ3) is 8.13. The minimum Gasteiger partial charge on any atom is -0.493 e. The first kappa shape index (κ1) is 29.2. The zero-order valence-electron chi connectivity index (χ0n) is 22.7. The minimum absolute atomic E-state index is 0.0468. The maximum absolute atomic E-state index is 12.6. The molecule has 4 aromatic carbocycles. The van der Waals surface area contributed by atoms with Crippen molar-refractivity contribution in [1.82, 2.24) is 0 Å². The smallest absolute Gasteiger partial charge is 0.266 e. The van der Waals surface area contributed by atoms with Crippen LogP contribution in [-0.2, 0) is 18.0 Å². The molecule has 4 aromatic rings. The summed E-state index contributed by atoms with van der Waals surface area (Å²) < 4.78 is 24.1. The van der Waals surface area contributed by atoms with Gasteiger partial charge < -0.3 is 24.3 Å². The molecule has 0 aliphatic heterocycles. The van der Waals surface area contributed by atoms with Crippen LogP contribution in [0.5, 0.6) is 23.0 Å². The summed E-state index contributed by atoms with van der Waals surface area (Å²) in [6.07, 6.45) is 1.50. The Balaban J connectivity index is 1.48. The summed E-state index contributed by atoms with van der Waals surface area (Å²) in [5.41, 5.74) is 3.09. The molecule has 0 saturated carbocycles. The summed E-state index contributed by atoms with van der Waals surface area (Å²) in [7, 11) is 1.53. The number of hydrogen-bond acceptors (Lipinski definition) is 6. The molecule has 208 valence electrons. The van der Waals surface area contributed by atoms with Gasteiger partial charge in [-0.15, -0.1) is 0 Å². The van der Waals surface area contributed by atoms with E-state index >= 15 is 0 Å². The number of ether oxygens (including phenoxy) is 4. The fourth-order valence-corrected chi connectivity index (χ4v) is 4.49. The van der Waals surface area contributed by atoms with Gasteiger partial charge in [-0.25, -0.2) is 0 Å². The molecule has 8 heteroatoms. The average Bonchev–Trinajstić information content (AvgIpc) is 2.99. The van der Waals surface area contributed by atoms with Gasteiger partial charge in [0.05, 0.1) is 18.2 Å². The average molecular weight is 614 g/mol. The lowest BCUT2D eigenvalue weighted by Gasteiger charge is -2.16. The molecular formula is C33H29BrN2O5. The van der Waals surface area contributed by atoms with Gasteiger partial charge in [0.2, 0.25) is 0 Å². The number of carbonyl (C=O) groups is 1. The van der Waals surface area contributed by atoms with E-state index in [1.165, 1.54) is 13.2 Å². The van der Waals surface area contributed by atoms with Crippen LogP contribution in [0.15, 0.2) is 101 Å². The van der Waals surface area contributed by atoms with Crippen LogP contribution in [0.1, 0.15) is 23.6 Å². The van der Waals surface area contributed by atoms with E-state index in [0.29, 0.717) is 51.9 Å². The van der Waals surface area contributed by atoms with Crippen molar-refractivity contribution in [2.75, 3.05) is 19.0 Å². The van der Waals surface area contributed by atoms with Crippen molar-refractivity contribution in [3.05, 3.63) is 118 Å². The first-order chi connectivity index (χ1) is 20.0. The van der Waals surface area contributed by atoms with Crippen LogP contribution < -0.4 is 24.3 Å². The Morgan fingerprint density at radius 3 is 2.24 bits per heavy atom. The maximum atomic E-state index is 12.6. The molecule has 0 heterocycles. The number of carbonyl (C=O) groups excluding carboxylic acids is 1. The van der Waals surface area contributed by atoms with E-state index in [1.54, 1.807) is 36.4 Å². The van der Waals surface area contributed by atoms with Crippen LogP contribution in [0.3, 0.4) is 0 Å². The third-order valence-electron chi connectivity index (χ3n) is 5.89. The number of benzene rings is 4. The van der Waals surface area contributed by atoms with E-state index in [1.807, 2.05) is 67.6 Å². The van der Waals surface area contributed by atoms with Gasteiger partial charge in [0.25, 0.3) is 5.91 Å². The Morgan fingerprint density at radius 2 is 1.56 bits per heavy atom. The van der Waals surface area contributed by atoms with Crippen LogP contribution in [0.2, 0.25) is 0 Å². The number of methoxy groups -OCH3 is 1. The van der Waals surface area contributed by atoms with Crippen molar-refractivity contribution >= 4 is 33.6 Å². The van der Waals surface area contributed by atoms with Gasteiger partial charge in [-0.2, -0.15) is 5.26 Å². The third-order valence-corrected chi connectivity index (χ3v) is 6.48. The molecule has 0 bridgehead atoms. The molecule has 1 N–H and O–H groups in total. The summed E-state index contributed by atoms with van der Waals surface area (Å²) in [5.74, 6) is 1.71. The molecule has 1 amide bonds. The summed E-state index contributed by atoms with van der Waals surface area (Å²) >= 11 is 3.55. The Labute approximate surface area is 248 Å². The molecule has 0 fully saturated rings. The predicted octanol–water partition coefficient (Wildman–Crippen LogP) is 7.56. The summed E-state index contributed by atoms with van der Waals surface area (Å²) in [4.78, 5) is 12.6. The van der Waals surface area contributed by atoms with Crippen LogP contribution in [0.25, 0.3) is 6.08 Å². The maximum Gasteiger partial charge on any atom is 0.266 e. The monoisotopic (exact) mass is 612 g/mol. The van der Waals surface area contributed by atoms with Gasteiger partial charge in [-0.05, 0) is 82.0 Å². The zero-order chi connectivity index (χ0) is 29.0.